The van der Waals surface area contributed by atoms with Gasteiger partial charge in [0.1, 0.15) is 0 Å². The Morgan fingerprint density at radius 1 is 1.00 bits per heavy atom. The summed E-state index contributed by atoms with van der Waals surface area (Å²) in [7, 11) is -3.29. The number of carbonyl (C=O) groups is 1. The minimum atomic E-state index is -3.29. The fraction of sp³-hybridized carbons (Fsp3) is 0.435. The lowest BCUT2D eigenvalue weighted by atomic mass is 10.2. The van der Waals surface area contributed by atoms with Gasteiger partial charge in [-0.15, -0.1) is 11.8 Å². The van der Waals surface area contributed by atoms with Crippen LogP contribution >= 0.6 is 11.8 Å². The van der Waals surface area contributed by atoms with Gasteiger partial charge in [0, 0.05) is 22.9 Å². The fourth-order valence-corrected chi connectivity index (χ4v) is 7.03. The Morgan fingerprint density at radius 3 is 2.43 bits per heavy atom. The van der Waals surface area contributed by atoms with Crippen molar-refractivity contribution < 1.29 is 17.9 Å². The number of amides is 1. The molecule has 2 aliphatic rings. The van der Waals surface area contributed by atoms with E-state index in [9.17, 15) is 13.2 Å². The molecule has 5 nitrogen and oxygen atoms in total. The molecule has 0 aromatic heterocycles. The van der Waals surface area contributed by atoms with E-state index in [0.717, 1.165) is 55.8 Å². The molecule has 1 saturated heterocycles. The van der Waals surface area contributed by atoms with Crippen LogP contribution in [0.4, 0.5) is 5.69 Å². The van der Waals surface area contributed by atoms with Crippen molar-refractivity contribution in [1.82, 2.24) is 0 Å². The molecule has 1 heterocycles. The summed E-state index contributed by atoms with van der Waals surface area (Å²) in [5, 5.41) is 2.62. The molecule has 7 heteroatoms. The number of hydrogen-bond acceptors (Lipinski definition) is 5. The van der Waals surface area contributed by atoms with Gasteiger partial charge in [0.15, 0.2) is 9.84 Å². The van der Waals surface area contributed by atoms with Crippen LogP contribution in [0, 0.1) is 0 Å². The van der Waals surface area contributed by atoms with Gasteiger partial charge in [-0.05, 0) is 62.1 Å². The van der Waals surface area contributed by atoms with Gasteiger partial charge >= 0.3 is 0 Å². The van der Waals surface area contributed by atoms with Crippen molar-refractivity contribution in [2.45, 2.75) is 59.7 Å². The van der Waals surface area contributed by atoms with Gasteiger partial charge in [-0.3, -0.25) is 4.79 Å². The number of anilines is 1. The zero-order valence-electron chi connectivity index (χ0n) is 16.9. The van der Waals surface area contributed by atoms with Crippen molar-refractivity contribution in [3.05, 3.63) is 54.1 Å². The van der Waals surface area contributed by atoms with Gasteiger partial charge < -0.3 is 10.1 Å². The minimum Gasteiger partial charge on any atom is -0.377 e. The van der Waals surface area contributed by atoms with Crippen LogP contribution in [0.3, 0.4) is 0 Å². The van der Waals surface area contributed by atoms with Gasteiger partial charge in [-0.1, -0.05) is 25.0 Å². The van der Waals surface area contributed by atoms with Gasteiger partial charge in [-0.25, -0.2) is 8.42 Å². The molecule has 2 fully saturated rings. The summed E-state index contributed by atoms with van der Waals surface area (Å²) in [6.45, 7) is 0.819. The summed E-state index contributed by atoms with van der Waals surface area (Å²) in [6.07, 6.45) is 5.84. The summed E-state index contributed by atoms with van der Waals surface area (Å²) in [6, 6.07) is 14.1. The monoisotopic (exact) mass is 445 g/mol. The smallest absolute Gasteiger partial charge is 0.256 e. The number of thioether (sulfide) groups is 1. The summed E-state index contributed by atoms with van der Waals surface area (Å²) >= 11 is 1.64. The number of rotatable bonds is 7. The molecule has 2 aromatic carbocycles. The van der Waals surface area contributed by atoms with E-state index in [4.69, 9.17) is 4.74 Å². The fourth-order valence-electron chi connectivity index (χ4n) is 4.06. The molecular weight excluding hydrogens is 418 g/mol. The molecule has 1 aliphatic heterocycles. The first-order valence-electron chi connectivity index (χ1n) is 10.5. The highest BCUT2D eigenvalue weighted by molar-refractivity contribution is 7.99. The van der Waals surface area contributed by atoms with Gasteiger partial charge in [0.25, 0.3) is 5.91 Å². The summed E-state index contributed by atoms with van der Waals surface area (Å²) in [4.78, 5) is 14.1. The molecule has 30 heavy (non-hydrogen) atoms. The van der Waals surface area contributed by atoms with Crippen molar-refractivity contribution in [1.29, 1.82) is 0 Å². The minimum absolute atomic E-state index is 0.197. The normalized spacial score (nSPS) is 19.8. The first-order valence-corrected chi connectivity index (χ1v) is 13.1. The average molecular weight is 446 g/mol. The SMILES string of the molecule is O=C(Nc1ccc(S(=O)(=O)C2CCCC2)cc1)c1ccccc1SCC1CCCO1. The number of nitrogens with one attached hydrogen (secondary N) is 1. The molecule has 0 spiro atoms. The maximum atomic E-state index is 12.8. The van der Waals surface area contributed by atoms with Crippen molar-refractivity contribution in [2.75, 3.05) is 17.7 Å². The number of hydrogen-bond donors (Lipinski definition) is 1. The van der Waals surface area contributed by atoms with Gasteiger partial charge in [0.2, 0.25) is 0 Å². The van der Waals surface area contributed by atoms with Crippen LogP contribution in [0.2, 0.25) is 0 Å². The number of benzene rings is 2. The third-order valence-corrected chi connectivity index (χ3v) is 9.25. The predicted octanol–water partition coefficient (Wildman–Crippen LogP) is 4.93. The number of carbonyl (C=O) groups excluding carboxylic acids is 1. The topological polar surface area (TPSA) is 72.5 Å². The maximum Gasteiger partial charge on any atom is 0.256 e. The molecule has 1 saturated carbocycles. The summed E-state index contributed by atoms with van der Waals surface area (Å²) < 4.78 is 31.1. The van der Waals surface area contributed by atoms with Crippen LogP contribution in [0.15, 0.2) is 58.3 Å². The quantitative estimate of drug-likeness (QED) is 0.612. The Bertz CT molecular complexity index is 977. The molecular formula is C23H27NO4S2. The number of ether oxygens (including phenoxy) is 1. The first kappa shape index (κ1) is 21.4. The zero-order valence-corrected chi connectivity index (χ0v) is 18.5. The second-order valence-electron chi connectivity index (χ2n) is 7.87. The second kappa shape index (κ2) is 9.54. The highest BCUT2D eigenvalue weighted by Gasteiger charge is 2.30. The van der Waals surface area contributed by atoms with Crippen LogP contribution in [0.5, 0.6) is 0 Å². The summed E-state index contributed by atoms with van der Waals surface area (Å²) in [5.41, 5.74) is 1.20. The largest absolute Gasteiger partial charge is 0.377 e. The van der Waals surface area contributed by atoms with E-state index < -0.39 is 9.84 Å². The lowest BCUT2D eigenvalue weighted by Crippen LogP contribution is -2.18. The maximum absolute atomic E-state index is 12.8. The molecule has 0 radical (unpaired) electrons. The van der Waals surface area contributed by atoms with Gasteiger partial charge in [-0.2, -0.15) is 0 Å². The predicted molar refractivity (Wildman–Crippen MR) is 120 cm³/mol. The standard InChI is InChI=1S/C23H27NO4S2/c25-23(21-9-3-4-10-22(21)29-16-18-6-5-15-28-18)24-17-11-13-20(14-12-17)30(26,27)19-7-1-2-8-19/h3-4,9-14,18-19H,1-2,5-8,15-16H2,(H,24,25). The Balaban J connectivity index is 1.42. The molecule has 4 rings (SSSR count). The van der Waals surface area contributed by atoms with Crippen LogP contribution in [0.25, 0.3) is 0 Å². The van der Waals surface area contributed by atoms with E-state index in [1.54, 1.807) is 36.0 Å². The molecule has 2 aromatic rings. The van der Waals surface area contributed by atoms with E-state index in [1.807, 2.05) is 24.3 Å². The lowest BCUT2D eigenvalue weighted by molar-refractivity contribution is 0.102. The van der Waals surface area contributed by atoms with E-state index in [-0.39, 0.29) is 17.3 Å². The average Bonchev–Trinajstić information content (AvgIpc) is 3.47. The highest BCUT2D eigenvalue weighted by atomic mass is 32.2. The van der Waals surface area contributed by atoms with Crippen molar-refractivity contribution in [3.8, 4) is 0 Å². The van der Waals surface area contributed by atoms with Crippen molar-refractivity contribution in [2.24, 2.45) is 0 Å². The van der Waals surface area contributed by atoms with Crippen LogP contribution in [-0.4, -0.2) is 38.0 Å². The van der Waals surface area contributed by atoms with Gasteiger partial charge in [0.05, 0.1) is 21.8 Å². The van der Waals surface area contributed by atoms with Crippen LogP contribution in [-0.2, 0) is 14.6 Å². The molecule has 1 unspecified atom stereocenters. The van der Waals surface area contributed by atoms with Crippen LogP contribution in [0.1, 0.15) is 48.9 Å². The van der Waals surface area contributed by atoms with Crippen molar-refractivity contribution in [3.63, 3.8) is 0 Å². The highest BCUT2D eigenvalue weighted by Crippen LogP contribution is 2.31. The zero-order chi connectivity index (χ0) is 21.0. The van der Waals surface area contributed by atoms with E-state index in [2.05, 4.69) is 5.32 Å². The molecule has 1 aliphatic carbocycles. The lowest BCUT2D eigenvalue weighted by Gasteiger charge is -2.13. The molecule has 1 amide bonds. The van der Waals surface area contributed by atoms with Crippen molar-refractivity contribution >= 4 is 33.2 Å². The third-order valence-electron chi connectivity index (χ3n) is 5.76. The third kappa shape index (κ3) is 4.90. The Morgan fingerprint density at radius 2 is 1.73 bits per heavy atom. The Labute approximate surface area is 182 Å². The molecule has 1 N–H and O–H groups in total. The number of sulfone groups is 1. The van der Waals surface area contributed by atoms with E-state index in [1.165, 1.54) is 0 Å². The van der Waals surface area contributed by atoms with Crippen LogP contribution < -0.4 is 5.32 Å². The molecule has 160 valence electrons. The molecule has 1 atom stereocenters. The first-order chi connectivity index (χ1) is 14.5. The second-order valence-corrected chi connectivity index (χ2v) is 11.2. The summed E-state index contributed by atoms with van der Waals surface area (Å²) in [5.74, 6) is 0.634. The Hall–Kier alpha value is -1.83. The van der Waals surface area contributed by atoms with E-state index >= 15 is 0 Å². The molecule has 0 bridgehead atoms. The van der Waals surface area contributed by atoms with E-state index in [0.29, 0.717) is 16.1 Å². The Kier molecular flexibility index (Phi) is 6.80.